The van der Waals surface area contributed by atoms with Gasteiger partial charge < -0.3 is 5.32 Å². The Balaban J connectivity index is 1.82. The third kappa shape index (κ3) is 5.04. The Morgan fingerprint density at radius 2 is 1.67 bits per heavy atom. The minimum Gasteiger partial charge on any atom is -0.348 e. The molecule has 156 valence electrons. The number of carbonyl (C=O) groups is 1. The molecule has 0 aromatic heterocycles. The van der Waals surface area contributed by atoms with Crippen LogP contribution in [0.3, 0.4) is 0 Å². The molecule has 7 heteroatoms. The van der Waals surface area contributed by atoms with Gasteiger partial charge in [0.2, 0.25) is 0 Å². The van der Waals surface area contributed by atoms with Crippen LogP contribution in [0.4, 0.5) is 10.1 Å². The quantitative estimate of drug-likeness (QED) is 0.582. The maximum Gasteiger partial charge on any atom is 0.264 e. The highest BCUT2D eigenvalue weighted by Gasteiger charge is 2.25. The number of carbonyl (C=O) groups excluding carboxylic acids is 1. The van der Waals surface area contributed by atoms with Crippen molar-refractivity contribution in [3.8, 4) is 0 Å². The minimum atomic E-state index is -3.83. The van der Waals surface area contributed by atoms with Crippen molar-refractivity contribution >= 4 is 21.6 Å². The molecular weight excluding hydrogens is 403 g/mol. The van der Waals surface area contributed by atoms with Crippen molar-refractivity contribution in [2.45, 2.75) is 24.8 Å². The third-order valence-electron chi connectivity index (χ3n) is 4.52. The molecule has 0 spiro atoms. The number of nitrogens with zero attached hydrogens (tertiary/aromatic N) is 1. The standard InChI is InChI=1S/C23H23FN2O3S/c1-2-15-26(21-8-4-3-5-9-21)30(28,29)22-10-6-7-19(16-22)23(27)25-17-18-11-13-20(24)14-12-18/h3-14,16H,2,15,17H2,1H3,(H,25,27). The van der Waals surface area contributed by atoms with Crippen molar-refractivity contribution in [1.82, 2.24) is 5.32 Å². The Morgan fingerprint density at radius 1 is 0.967 bits per heavy atom. The first-order valence-corrected chi connectivity index (χ1v) is 11.1. The molecule has 30 heavy (non-hydrogen) atoms. The number of halogens is 1. The number of hydrogen-bond donors (Lipinski definition) is 1. The molecule has 1 N–H and O–H groups in total. The van der Waals surface area contributed by atoms with Gasteiger partial charge in [0.15, 0.2) is 0 Å². The van der Waals surface area contributed by atoms with Gasteiger partial charge >= 0.3 is 0 Å². The fourth-order valence-electron chi connectivity index (χ4n) is 3.00. The van der Waals surface area contributed by atoms with Gasteiger partial charge in [-0.05, 0) is 54.4 Å². The SMILES string of the molecule is CCCN(c1ccccc1)S(=O)(=O)c1cccc(C(=O)NCc2ccc(F)cc2)c1. The maximum atomic E-state index is 13.3. The van der Waals surface area contributed by atoms with Crippen molar-refractivity contribution in [3.63, 3.8) is 0 Å². The number of rotatable bonds is 8. The van der Waals surface area contributed by atoms with E-state index in [0.29, 0.717) is 18.7 Å². The molecule has 3 aromatic rings. The van der Waals surface area contributed by atoms with E-state index in [1.165, 1.54) is 28.6 Å². The minimum absolute atomic E-state index is 0.0502. The summed E-state index contributed by atoms with van der Waals surface area (Å²) in [5, 5.41) is 2.73. The van der Waals surface area contributed by atoms with Crippen molar-refractivity contribution in [2.24, 2.45) is 0 Å². The van der Waals surface area contributed by atoms with Gasteiger partial charge in [-0.2, -0.15) is 0 Å². The van der Waals surface area contributed by atoms with E-state index in [-0.39, 0.29) is 22.8 Å². The van der Waals surface area contributed by atoms with E-state index in [2.05, 4.69) is 5.32 Å². The van der Waals surface area contributed by atoms with Gasteiger partial charge in [0.05, 0.1) is 10.6 Å². The maximum absolute atomic E-state index is 13.3. The number of hydrogen-bond acceptors (Lipinski definition) is 3. The fraction of sp³-hybridized carbons (Fsp3) is 0.174. The van der Waals surface area contributed by atoms with Gasteiger partial charge in [-0.1, -0.05) is 43.3 Å². The Hall–Kier alpha value is -3.19. The molecule has 0 saturated carbocycles. The van der Waals surface area contributed by atoms with Crippen molar-refractivity contribution in [2.75, 3.05) is 10.8 Å². The van der Waals surface area contributed by atoms with Gasteiger partial charge in [-0.15, -0.1) is 0 Å². The lowest BCUT2D eigenvalue weighted by atomic mass is 10.2. The number of anilines is 1. The topological polar surface area (TPSA) is 66.5 Å². The molecule has 1 amide bonds. The van der Waals surface area contributed by atoms with Crippen molar-refractivity contribution in [3.05, 3.63) is 95.8 Å². The summed E-state index contributed by atoms with van der Waals surface area (Å²) in [6.07, 6.45) is 0.645. The summed E-state index contributed by atoms with van der Waals surface area (Å²) in [6, 6.07) is 20.7. The number of sulfonamides is 1. The summed E-state index contributed by atoms with van der Waals surface area (Å²) in [7, 11) is -3.83. The van der Waals surface area contributed by atoms with Gasteiger partial charge in [0, 0.05) is 18.7 Å². The molecule has 0 bridgehead atoms. The van der Waals surface area contributed by atoms with Crippen LogP contribution in [0.25, 0.3) is 0 Å². The van der Waals surface area contributed by atoms with Crippen LogP contribution in [0.1, 0.15) is 29.3 Å². The third-order valence-corrected chi connectivity index (χ3v) is 6.34. The number of benzene rings is 3. The summed E-state index contributed by atoms with van der Waals surface area (Å²) in [6.45, 7) is 2.44. The summed E-state index contributed by atoms with van der Waals surface area (Å²) in [5.74, 6) is -0.754. The second-order valence-electron chi connectivity index (χ2n) is 6.75. The van der Waals surface area contributed by atoms with Crippen LogP contribution in [0.15, 0.2) is 83.8 Å². The second-order valence-corrected chi connectivity index (χ2v) is 8.61. The lowest BCUT2D eigenvalue weighted by Crippen LogP contribution is -2.32. The molecule has 0 saturated heterocycles. The molecule has 0 heterocycles. The van der Waals surface area contributed by atoms with Gasteiger partial charge in [-0.3, -0.25) is 9.10 Å². The lowest BCUT2D eigenvalue weighted by molar-refractivity contribution is 0.0950. The summed E-state index contributed by atoms with van der Waals surface area (Å²) >= 11 is 0. The van der Waals surface area contributed by atoms with E-state index in [9.17, 15) is 17.6 Å². The molecule has 0 radical (unpaired) electrons. The van der Waals surface area contributed by atoms with Crippen LogP contribution < -0.4 is 9.62 Å². The summed E-state index contributed by atoms with van der Waals surface area (Å²) < 4.78 is 40.9. The van der Waals surface area contributed by atoms with Crippen LogP contribution >= 0.6 is 0 Å². The zero-order valence-corrected chi connectivity index (χ0v) is 17.4. The first-order valence-electron chi connectivity index (χ1n) is 9.62. The monoisotopic (exact) mass is 426 g/mol. The summed E-state index contributed by atoms with van der Waals surface area (Å²) in [5.41, 5.74) is 1.56. The highest BCUT2D eigenvalue weighted by atomic mass is 32.2. The molecule has 3 rings (SSSR count). The Kier molecular flexibility index (Phi) is 6.84. The lowest BCUT2D eigenvalue weighted by Gasteiger charge is -2.24. The van der Waals surface area contributed by atoms with E-state index < -0.39 is 15.9 Å². The Bertz CT molecular complexity index is 1100. The summed E-state index contributed by atoms with van der Waals surface area (Å²) in [4.78, 5) is 12.6. The van der Waals surface area contributed by atoms with Gasteiger partial charge in [-0.25, -0.2) is 12.8 Å². The van der Waals surface area contributed by atoms with Crippen LogP contribution in [0.5, 0.6) is 0 Å². The van der Waals surface area contributed by atoms with E-state index >= 15 is 0 Å². The molecule has 0 aliphatic rings. The first-order chi connectivity index (χ1) is 14.4. The van der Waals surface area contributed by atoms with E-state index in [1.54, 1.807) is 48.5 Å². The Labute approximate surface area is 176 Å². The second kappa shape index (κ2) is 9.54. The van der Waals surface area contributed by atoms with E-state index in [0.717, 1.165) is 5.56 Å². The molecule has 0 atom stereocenters. The predicted octanol–water partition coefficient (Wildman–Crippen LogP) is 4.36. The normalized spacial score (nSPS) is 11.1. The zero-order valence-electron chi connectivity index (χ0n) is 16.6. The average Bonchev–Trinajstić information content (AvgIpc) is 2.77. The predicted molar refractivity (Wildman–Crippen MR) is 115 cm³/mol. The molecule has 5 nitrogen and oxygen atoms in total. The highest BCUT2D eigenvalue weighted by Crippen LogP contribution is 2.24. The van der Waals surface area contributed by atoms with Gasteiger partial charge in [0.25, 0.3) is 15.9 Å². The largest absolute Gasteiger partial charge is 0.348 e. The smallest absolute Gasteiger partial charge is 0.264 e. The van der Waals surface area contributed by atoms with Crippen LogP contribution in [0.2, 0.25) is 0 Å². The average molecular weight is 427 g/mol. The van der Waals surface area contributed by atoms with Gasteiger partial charge in [0.1, 0.15) is 5.82 Å². The van der Waals surface area contributed by atoms with Crippen molar-refractivity contribution < 1.29 is 17.6 Å². The highest BCUT2D eigenvalue weighted by molar-refractivity contribution is 7.92. The molecular formula is C23H23FN2O3S. The molecule has 3 aromatic carbocycles. The van der Waals surface area contributed by atoms with Crippen LogP contribution in [-0.2, 0) is 16.6 Å². The number of nitrogens with one attached hydrogen (secondary N) is 1. The number of para-hydroxylation sites is 1. The molecule has 0 fully saturated rings. The van der Waals surface area contributed by atoms with Crippen molar-refractivity contribution in [1.29, 1.82) is 0 Å². The van der Waals surface area contributed by atoms with Crippen LogP contribution in [0, 0.1) is 5.82 Å². The molecule has 0 aliphatic carbocycles. The van der Waals surface area contributed by atoms with Crippen LogP contribution in [-0.4, -0.2) is 20.9 Å². The van der Waals surface area contributed by atoms with E-state index in [1.807, 2.05) is 13.0 Å². The first kappa shape index (κ1) is 21.5. The molecule has 0 unspecified atom stereocenters. The number of amides is 1. The zero-order chi connectivity index (χ0) is 21.6. The molecule has 0 aliphatic heterocycles. The fourth-order valence-corrected chi connectivity index (χ4v) is 4.60. The van der Waals surface area contributed by atoms with E-state index in [4.69, 9.17) is 0 Å². The Morgan fingerprint density at radius 3 is 2.33 bits per heavy atom.